The van der Waals surface area contributed by atoms with Crippen molar-refractivity contribution in [1.82, 2.24) is 5.32 Å². The highest BCUT2D eigenvalue weighted by Crippen LogP contribution is 2.37. The van der Waals surface area contributed by atoms with Gasteiger partial charge in [-0.25, -0.2) is 0 Å². The number of carbonyl (C=O) groups excluding carboxylic acids is 1. The van der Waals surface area contributed by atoms with Gasteiger partial charge in [-0.1, -0.05) is 14.4 Å². The predicted octanol–water partition coefficient (Wildman–Crippen LogP) is 1.31. The third-order valence-electron chi connectivity index (χ3n) is 1.90. The van der Waals surface area contributed by atoms with Gasteiger partial charge in [0.05, 0.1) is 0 Å². The topological polar surface area (TPSA) is 29.1 Å². The minimum Gasteiger partial charge on any atom is -0.353 e. The van der Waals surface area contributed by atoms with Crippen molar-refractivity contribution in [2.75, 3.05) is 0 Å². The summed E-state index contributed by atoms with van der Waals surface area (Å²) < 4.78 is 0. The van der Waals surface area contributed by atoms with Crippen LogP contribution >= 0.6 is 0 Å². The molecule has 0 bridgehead atoms. The van der Waals surface area contributed by atoms with Gasteiger partial charge < -0.3 is 5.32 Å². The smallest absolute Gasteiger partial charge is 0.207 e. The Kier molecular flexibility index (Phi) is 2.68. The molecule has 1 amide bonds. The lowest BCUT2D eigenvalue weighted by molar-refractivity contribution is -0.110. The van der Waals surface area contributed by atoms with Crippen LogP contribution in [0.2, 0.25) is 0 Å². The summed E-state index contributed by atoms with van der Waals surface area (Å²) in [5.74, 6) is 0. The minimum absolute atomic E-state index is 0. The first-order valence-corrected chi connectivity index (χ1v) is 3.04. The Hall–Kier alpha value is -0.530. The fourth-order valence-corrected chi connectivity index (χ4v) is 0.876. The van der Waals surface area contributed by atoms with Crippen molar-refractivity contribution in [3.8, 4) is 0 Å². The van der Waals surface area contributed by atoms with Gasteiger partial charge in [-0.3, -0.25) is 4.79 Å². The van der Waals surface area contributed by atoms with Gasteiger partial charge in [0, 0.05) is 5.54 Å². The number of nitrogens with one attached hydrogen (secondary N) is 1. The van der Waals surface area contributed by atoms with E-state index < -0.39 is 0 Å². The number of rotatable bonds is 3. The molecule has 1 saturated carbocycles. The van der Waals surface area contributed by atoms with Crippen LogP contribution in [0.5, 0.6) is 0 Å². The standard InChI is InChI=1S/C6H11NO.CH4/c1-2-6(3-4-6)7-5-8;/h5H,2-4H2,1H3,(H,7,8);1H4. The van der Waals surface area contributed by atoms with Crippen LogP contribution in [0.25, 0.3) is 0 Å². The number of hydrogen-bond acceptors (Lipinski definition) is 1. The van der Waals surface area contributed by atoms with E-state index in [2.05, 4.69) is 12.2 Å². The predicted molar refractivity (Wildman–Crippen MR) is 38.2 cm³/mol. The van der Waals surface area contributed by atoms with Crippen molar-refractivity contribution in [2.45, 2.75) is 39.2 Å². The zero-order chi connectivity index (χ0) is 6.04. The zero-order valence-corrected chi connectivity index (χ0v) is 5.11. The molecular weight excluding hydrogens is 114 g/mol. The molecule has 0 aromatic heterocycles. The lowest BCUT2D eigenvalue weighted by Crippen LogP contribution is -2.28. The molecule has 2 nitrogen and oxygen atoms in total. The molecule has 1 aliphatic carbocycles. The second kappa shape index (κ2) is 2.85. The molecule has 0 aliphatic heterocycles. The van der Waals surface area contributed by atoms with Crippen LogP contribution in [0.15, 0.2) is 0 Å². The molecule has 1 fully saturated rings. The van der Waals surface area contributed by atoms with Gasteiger partial charge in [0.1, 0.15) is 0 Å². The van der Waals surface area contributed by atoms with Crippen molar-refractivity contribution in [2.24, 2.45) is 0 Å². The second-order valence-corrected chi connectivity index (χ2v) is 2.40. The average molecular weight is 129 g/mol. The number of carbonyl (C=O) groups is 1. The lowest BCUT2D eigenvalue weighted by Gasteiger charge is -2.08. The molecule has 2 heteroatoms. The van der Waals surface area contributed by atoms with Crippen LogP contribution < -0.4 is 5.32 Å². The van der Waals surface area contributed by atoms with Crippen molar-refractivity contribution in [1.29, 1.82) is 0 Å². The largest absolute Gasteiger partial charge is 0.353 e. The SMILES string of the molecule is C.CCC1(NC=O)CC1. The summed E-state index contributed by atoms with van der Waals surface area (Å²) in [5.41, 5.74) is 0.224. The Labute approximate surface area is 56.6 Å². The van der Waals surface area contributed by atoms with E-state index in [1.165, 1.54) is 12.8 Å². The van der Waals surface area contributed by atoms with Crippen molar-refractivity contribution in [3.63, 3.8) is 0 Å². The zero-order valence-electron chi connectivity index (χ0n) is 5.11. The quantitative estimate of drug-likeness (QED) is 0.572. The second-order valence-electron chi connectivity index (χ2n) is 2.40. The summed E-state index contributed by atoms with van der Waals surface area (Å²) >= 11 is 0. The average Bonchev–Trinajstić information content (AvgIpc) is 2.50. The molecular formula is C7H15NO. The molecule has 1 aliphatic rings. The molecule has 0 radical (unpaired) electrons. The van der Waals surface area contributed by atoms with Gasteiger partial charge in [-0.15, -0.1) is 0 Å². The first-order valence-electron chi connectivity index (χ1n) is 3.04. The van der Waals surface area contributed by atoms with E-state index in [1.807, 2.05) is 0 Å². The Morgan fingerprint density at radius 1 is 1.67 bits per heavy atom. The number of amides is 1. The first-order chi connectivity index (χ1) is 3.83. The Morgan fingerprint density at radius 3 is 2.33 bits per heavy atom. The van der Waals surface area contributed by atoms with E-state index >= 15 is 0 Å². The van der Waals surface area contributed by atoms with Crippen LogP contribution in [0, 0.1) is 0 Å². The molecule has 0 spiro atoms. The van der Waals surface area contributed by atoms with Crippen molar-refractivity contribution in [3.05, 3.63) is 0 Å². The summed E-state index contributed by atoms with van der Waals surface area (Å²) in [5, 5.41) is 2.80. The summed E-state index contributed by atoms with van der Waals surface area (Å²) in [7, 11) is 0. The maximum absolute atomic E-state index is 9.91. The minimum atomic E-state index is 0. The number of hydrogen-bond donors (Lipinski definition) is 1. The molecule has 0 saturated heterocycles. The molecule has 9 heavy (non-hydrogen) atoms. The molecule has 54 valence electrons. The molecule has 0 unspecified atom stereocenters. The highest BCUT2D eigenvalue weighted by Gasteiger charge is 2.39. The van der Waals surface area contributed by atoms with Crippen molar-refractivity contribution < 1.29 is 4.79 Å². The fraction of sp³-hybridized carbons (Fsp3) is 0.857. The first kappa shape index (κ1) is 8.47. The fourth-order valence-electron chi connectivity index (χ4n) is 0.876. The maximum atomic E-state index is 9.91. The molecule has 0 aromatic carbocycles. The van der Waals surface area contributed by atoms with E-state index in [9.17, 15) is 4.79 Å². The van der Waals surface area contributed by atoms with E-state index in [0.717, 1.165) is 12.8 Å². The van der Waals surface area contributed by atoms with Gasteiger partial charge in [-0.2, -0.15) is 0 Å². The van der Waals surface area contributed by atoms with Crippen LogP contribution in [-0.4, -0.2) is 11.9 Å². The van der Waals surface area contributed by atoms with Gasteiger partial charge >= 0.3 is 0 Å². The van der Waals surface area contributed by atoms with Gasteiger partial charge in [0.15, 0.2) is 0 Å². The van der Waals surface area contributed by atoms with Crippen molar-refractivity contribution >= 4 is 6.41 Å². The molecule has 0 aromatic rings. The van der Waals surface area contributed by atoms with Crippen LogP contribution in [0.3, 0.4) is 0 Å². The molecule has 1 rings (SSSR count). The van der Waals surface area contributed by atoms with E-state index in [1.54, 1.807) is 0 Å². The Balaban J connectivity index is 0.000000640. The van der Waals surface area contributed by atoms with Gasteiger partial charge in [0.2, 0.25) is 6.41 Å². The Bertz CT molecular complexity index is 97.1. The monoisotopic (exact) mass is 129 g/mol. The highest BCUT2D eigenvalue weighted by atomic mass is 16.1. The van der Waals surface area contributed by atoms with E-state index in [0.29, 0.717) is 0 Å². The van der Waals surface area contributed by atoms with E-state index in [-0.39, 0.29) is 13.0 Å². The van der Waals surface area contributed by atoms with Gasteiger partial charge in [0.25, 0.3) is 0 Å². The normalized spacial score (nSPS) is 19.7. The Morgan fingerprint density at radius 2 is 2.22 bits per heavy atom. The van der Waals surface area contributed by atoms with Crippen LogP contribution in [0.4, 0.5) is 0 Å². The maximum Gasteiger partial charge on any atom is 0.207 e. The highest BCUT2D eigenvalue weighted by molar-refractivity contribution is 5.49. The molecule has 0 atom stereocenters. The van der Waals surface area contributed by atoms with Crippen LogP contribution in [-0.2, 0) is 4.79 Å². The molecule has 1 N–H and O–H groups in total. The summed E-state index contributed by atoms with van der Waals surface area (Å²) in [4.78, 5) is 9.91. The van der Waals surface area contributed by atoms with Gasteiger partial charge in [-0.05, 0) is 19.3 Å². The summed E-state index contributed by atoms with van der Waals surface area (Å²) in [6, 6.07) is 0. The van der Waals surface area contributed by atoms with Crippen LogP contribution in [0.1, 0.15) is 33.6 Å². The van der Waals surface area contributed by atoms with E-state index in [4.69, 9.17) is 0 Å². The summed E-state index contributed by atoms with van der Waals surface area (Å²) in [6.07, 6.45) is 4.22. The third-order valence-corrected chi connectivity index (χ3v) is 1.90. The summed E-state index contributed by atoms with van der Waals surface area (Å²) in [6.45, 7) is 2.10. The third kappa shape index (κ3) is 1.70. The lowest BCUT2D eigenvalue weighted by atomic mass is 10.2. The molecule has 0 heterocycles.